The van der Waals surface area contributed by atoms with E-state index in [9.17, 15) is 14.4 Å². The molecule has 0 aromatic carbocycles. The van der Waals surface area contributed by atoms with Crippen LogP contribution in [-0.4, -0.2) is 33.8 Å². The summed E-state index contributed by atoms with van der Waals surface area (Å²) >= 11 is 1.36. The Morgan fingerprint density at radius 1 is 1.35 bits per heavy atom. The Kier molecular flexibility index (Phi) is 8.32. The minimum Gasteiger partial charge on any atom is -0.462 e. The van der Waals surface area contributed by atoms with Crippen LogP contribution in [0.4, 0.5) is 0 Å². The summed E-state index contributed by atoms with van der Waals surface area (Å²) < 4.78 is 6.41. The summed E-state index contributed by atoms with van der Waals surface area (Å²) in [5.74, 6) is 0.256. The number of ether oxygens (including phenoxy) is 1. The standard InChI is InChI=1S/C16H22N2O4S/c1-4-23-16-17-13(19)9-10-18(16)14(20)8-6-5-7-11-22-15(21)12(2)3/h9-10H,2,4-8,11H2,1,3H3. The summed E-state index contributed by atoms with van der Waals surface area (Å²) in [5.41, 5.74) is 0.0381. The summed E-state index contributed by atoms with van der Waals surface area (Å²) in [6.07, 6.45) is 4.00. The van der Waals surface area contributed by atoms with Crippen LogP contribution in [0.5, 0.6) is 0 Å². The number of aromatic nitrogens is 2. The molecule has 0 atom stereocenters. The van der Waals surface area contributed by atoms with Gasteiger partial charge in [-0.3, -0.25) is 14.2 Å². The number of carbonyl (C=O) groups is 2. The van der Waals surface area contributed by atoms with Crippen LogP contribution in [0, 0.1) is 0 Å². The van der Waals surface area contributed by atoms with Crippen molar-refractivity contribution in [2.75, 3.05) is 12.4 Å². The predicted octanol–water partition coefficient (Wildman–Crippen LogP) is 2.68. The van der Waals surface area contributed by atoms with Gasteiger partial charge in [-0.05, 0) is 31.9 Å². The molecule has 7 heteroatoms. The molecule has 0 aliphatic carbocycles. The molecule has 0 spiro atoms. The number of nitrogens with zero attached hydrogens (tertiary/aromatic N) is 2. The van der Waals surface area contributed by atoms with E-state index in [0.29, 0.717) is 36.6 Å². The zero-order valence-electron chi connectivity index (χ0n) is 13.5. The molecule has 0 N–H and O–H groups in total. The topological polar surface area (TPSA) is 78.3 Å². The second kappa shape index (κ2) is 9.99. The van der Waals surface area contributed by atoms with Gasteiger partial charge in [0.05, 0.1) is 6.61 Å². The highest BCUT2D eigenvalue weighted by Gasteiger charge is 2.10. The van der Waals surface area contributed by atoms with Crippen molar-refractivity contribution in [2.45, 2.75) is 44.7 Å². The van der Waals surface area contributed by atoms with Gasteiger partial charge in [0.2, 0.25) is 5.91 Å². The minimum absolute atomic E-state index is 0.0904. The lowest BCUT2D eigenvalue weighted by atomic mass is 10.2. The van der Waals surface area contributed by atoms with E-state index in [0.717, 1.165) is 12.2 Å². The number of unbranched alkanes of at least 4 members (excludes halogenated alkanes) is 2. The van der Waals surface area contributed by atoms with E-state index in [4.69, 9.17) is 4.74 Å². The first-order chi connectivity index (χ1) is 11.0. The summed E-state index contributed by atoms with van der Waals surface area (Å²) in [7, 11) is 0. The minimum atomic E-state index is -0.387. The average molecular weight is 338 g/mol. The Balaban J connectivity index is 2.38. The molecular formula is C16H22N2O4S. The van der Waals surface area contributed by atoms with Crippen LogP contribution < -0.4 is 5.56 Å². The van der Waals surface area contributed by atoms with Crippen molar-refractivity contribution in [1.82, 2.24) is 9.55 Å². The third-order valence-electron chi connectivity index (χ3n) is 2.94. The van der Waals surface area contributed by atoms with Gasteiger partial charge in [0.15, 0.2) is 5.16 Å². The number of rotatable bonds is 9. The molecule has 1 heterocycles. The normalized spacial score (nSPS) is 10.3. The molecule has 0 unspecified atom stereocenters. The first-order valence-electron chi connectivity index (χ1n) is 7.54. The van der Waals surface area contributed by atoms with E-state index < -0.39 is 0 Å². The molecule has 0 saturated carbocycles. The zero-order chi connectivity index (χ0) is 17.2. The number of thioether (sulfide) groups is 1. The summed E-state index contributed by atoms with van der Waals surface area (Å²) in [6, 6.07) is 1.29. The summed E-state index contributed by atoms with van der Waals surface area (Å²) in [4.78, 5) is 38.5. The summed E-state index contributed by atoms with van der Waals surface area (Å²) in [6.45, 7) is 7.37. The lowest BCUT2D eigenvalue weighted by Crippen LogP contribution is -2.19. The van der Waals surface area contributed by atoms with Crippen molar-refractivity contribution in [3.63, 3.8) is 0 Å². The van der Waals surface area contributed by atoms with E-state index in [1.807, 2.05) is 6.92 Å². The maximum atomic E-state index is 12.2. The number of carbonyl (C=O) groups excluding carboxylic acids is 2. The molecule has 0 aliphatic rings. The molecule has 1 aromatic heterocycles. The van der Waals surface area contributed by atoms with E-state index in [-0.39, 0.29) is 17.4 Å². The quantitative estimate of drug-likeness (QED) is 0.226. The fraction of sp³-hybridized carbons (Fsp3) is 0.500. The van der Waals surface area contributed by atoms with Gasteiger partial charge in [-0.1, -0.05) is 25.3 Å². The molecule has 0 bridgehead atoms. The number of esters is 1. The molecule has 126 valence electrons. The Hall–Kier alpha value is -1.89. The van der Waals surface area contributed by atoms with Crippen molar-refractivity contribution in [2.24, 2.45) is 0 Å². The molecular weight excluding hydrogens is 316 g/mol. The lowest BCUT2D eigenvalue weighted by Gasteiger charge is -2.09. The fourth-order valence-electron chi connectivity index (χ4n) is 1.77. The van der Waals surface area contributed by atoms with Crippen LogP contribution >= 0.6 is 11.8 Å². The van der Waals surface area contributed by atoms with Crippen LogP contribution in [0.2, 0.25) is 0 Å². The second-order valence-corrected chi connectivity index (χ2v) is 6.20. The van der Waals surface area contributed by atoms with E-state index in [2.05, 4.69) is 11.6 Å². The van der Waals surface area contributed by atoms with Crippen LogP contribution in [0.25, 0.3) is 0 Å². The second-order valence-electron chi connectivity index (χ2n) is 4.97. The zero-order valence-corrected chi connectivity index (χ0v) is 14.4. The van der Waals surface area contributed by atoms with Crippen molar-refractivity contribution in [3.05, 3.63) is 34.8 Å². The van der Waals surface area contributed by atoms with Gasteiger partial charge in [-0.15, -0.1) is 0 Å². The molecule has 1 rings (SSSR count). The molecule has 0 fully saturated rings. The smallest absolute Gasteiger partial charge is 0.333 e. The molecule has 23 heavy (non-hydrogen) atoms. The van der Waals surface area contributed by atoms with Gasteiger partial charge in [0.1, 0.15) is 0 Å². The fourth-order valence-corrected chi connectivity index (χ4v) is 2.49. The van der Waals surface area contributed by atoms with E-state index in [1.54, 1.807) is 6.92 Å². The molecule has 0 saturated heterocycles. The monoisotopic (exact) mass is 338 g/mol. The van der Waals surface area contributed by atoms with Gasteiger partial charge < -0.3 is 4.74 Å². The SMILES string of the molecule is C=C(C)C(=O)OCCCCCC(=O)n1ccc(=O)nc1SCC. The van der Waals surface area contributed by atoms with Crippen molar-refractivity contribution in [1.29, 1.82) is 0 Å². The highest BCUT2D eigenvalue weighted by molar-refractivity contribution is 7.99. The number of hydrogen-bond donors (Lipinski definition) is 0. The Morgan fingerprint density at radius 2 is 2.09 bits per heavy atom. The third-order valence-corrected chi connectivity index (χ3v) is 3.77. The molecule has 0 amide bonds. The molecule has 0 aliphatic heterocycles. The average Bonchev–Trinajstić information content (AvgIpc) is 2.50. The Morgan fingerprint density at radius 3 is 2.74 bits per heavy atom. The van der Waals surface area contributed by atoms with Gasteiger partial charge in [-0.25, -0.2) is 4.79 Å². The maximum Gasteiger partial charge on any atom is 0.333 e. The molecule has 6 nitrogen and oxygen atoms in total. The highest BCUT2D eigenvalue weighted by Crippen LogP contribution is 2.14. The van der Waals surface area contributed by atoms with Gasteiger partial charge in [0.25, 0.3) is 5.56 Å². The third kappa shape index (κ3) is 6.81. The van der Waals surface area contributed by atoms with Crippen molar-refractivity contribution >= 4 is 23.6 Å². The van der Waals surface area contributed by atoms with Gasteiger partial charge >= 0.3 is 5.97 Å². The largest absolute Gasteiger partial charge is 0.462 e. The van der Waals surface area contributed by atoms with Gasteiger partial charge in [-0.2, -0.15) is 4.98 Å². The molecule has 1 aromatic rings. The highest BCUT2D eigenvalue weighted by atomic mass is 32.2. The first-order valence-corrected chi connectivity index (χ1v) is 8.52. The van der Waals surface area contributed by atoms with Crippen LogP contribution in [0.1, 0.15) is 44.3 Å². The van der Waals surface area contributed by atoms with Crippen molar-refractivity contribution < 1.29 is 14.3 Å². The Labute approximate surface area is 139 Å². The van der Waals surface area contributed by atoms with E-state index >= 15 is 0 Å². The maximum absolute atomic E-state index is 12.2. The first kappa shape index (κ1) is 19.2. The number of hydrogen-bond acceptors (Lipinski definition) is 6. The van der Waals surface area contributed by atoms with Crippen molar-refractivity contribution in [3.8, 4) is 0 Å². The van der Waals surface area contributed by atoms with Crippen LogP contribution in [-0.2, 0) is 9.53 Å². The van der Waals surface area contributed by atoms with E-state index in [1.165, 1.54) is 28.6 Å². The Bertz CT molecular complexity index is 625. The van der Waals surface area contributed by atoms with Gasteiger partial charge in [0, 0.05) is 24.3 Å². The predicted molar refractivity (Wildman–Crippen MR) is 89.8 cm³/mol. The lowest BCUT2D eigenvalue weighted by molar-refractivity contribution is -0.139. The van der Waals surface area contributed by atoms with Crippen LogP contribution in [0.3, 0.4) is 0 Å². The summed E-state index contributed by atoms with van der Waals surface area (Å²) in [5, 5.41) is 0.431. The van der Waals surface area contributed by atoms with Crippen LogP contribution in [0.15, 0.2) is 34.4 Å². The molecule has 0 radical (unpaired) electrons.